The molecule has 1 aliphatic heterocycles. The lowest BCUT2D eigenvalue weighted by Crippen LogP contribution is -2.43. The molecule has 10 nitrogen and oxygen atoms in total. The largest absolute Gasteiger partial charge is 0.377 e. The number of thioether (sulfide) groups is 1. The quantitative estimate of drug-likeness (QED) is 0.241. The Labute approximate surface area is 180 Å². The van der Waals surface area contributed by atoms with E-state index in [-0.39, 0.29) is 45.7 Å². The van der Waals surface area contributed by atoms with Crippen molar-refractivity contribution in [1.82, 2.24) is 4.31 Å². The van der Waals surface area contributed by atoms with E-state index in [4.69, 9.17) is 14.2 Å². The summed E-state index contributed by atoms with van der Waals surface area (Å²) < 4.78 is 41.4. The van der Waals surface area contributed by atoms with Gasteiger partial charge in [0.05, 0.1) is 26.4 Å². The van der Waals surface area contributed by atoms with Crippen LogP contribution in [0.5, 0.6) is 0 Å². The van der Waals surface area contributed by atoms with E-state index in [1.165, 1.54) is 30.0 Å². The summed E-state index contributed by atoms with van der Waals surface area (Å²) in [6.07, 6.45) is 2.95. The molecule has 1 amide bonds. The number of carbonyl (C=O) groups excluding carboxylic acids is 1. The minimum atomic E-state index is -4.02. The second-order valence-corrected chi connectivity index (χ2v) is 9.65. The van der Waals surface area contributed by atoms with Gasteiger partial charge >= 0.3 is 0 Å². The SMILES string of the molecule is CSCC(O)OCCOCCOC(O)C1=CCC(S(=O)(=O)N2C(=O)CCC2O)C=C1. The zero-order valence-corrected chi connectivity index (χ0v) is 18.4. The molecule has 0 saturated carbocycles. The number of aliphatic hydroxyl groups excluding tert-OH is 3. The Morgan fingerprint density at radius 1 is 1.23 bits per heavy atom. The molecular weight excluding hydrogens is 438 g/mol. The summed E-state index contributed by atoms with van der Waals surface area (Å²) in [5.41, 5.74) is 0.401. The van der Waals surface area contributed by atoms with Crippen LogP contribution in [0.3, 0.4) is 0 Å². The fraction of sp³-hybridized carbons (Fsp3) is 0.722. The van der Waals surface area contributed by atoms with Gasteiger partial charge in [0.2, 0.25) is 15.9 Å². The standard InChI is InChI=1S/C18H29NO9S2/c1-29-12-17(22)27-10-8-26-9-11-28-18(23)13-2-4-14(5-3-13)30(24,25)19-15(20)6-7-16(19)21/h2-4,14-15,17-18,20,22-23H,5-12H2,1H3. The summed E-state index contributed by atoms with van der Waals surface area (Å²) in [5.74, 6) is -0.132. The van der Waals surface area contributed by atoms with Gasteiger partial charge in [-0.3, -0.25) is 4.79 Å². The molecular formula is C18H29NO9S2. The van der Waals surface area contributed by atoms with E-state index >= 15 is 0 Å². The normalized spacial score (nSPS) is 24.2. The summed E-state index contributed by atoms with van der Waals surface area (Å²) in [5, 5.41) is 28.3. The van der Waals surface area contributed by atoms with Gasteiger partial charge in [0, 0.05) is 24.2 Å². The number of allylic oxidation sites excluding steroid dienone is 1. The van der Waals surface area contributed by atoms with Crippen molar-refractivity contribution < 1.29 is 42.7 Å². The summed E-state index contributed by atoms with van der Waals surface area (Å²) in [4.78, 5) is 11.8. The van der Waals surface area contributed by atoms with Gasteiger partial charge in [-0.15, -0.1) is 0 Å². The van der Waals surface area contributed by atoms with Crippen LogP contribution >= 0.6 is 11.8 Å². The lowest BCUT2D eigenvalue weighted by molar-refractivity contribution is -0.126. The first kappa shape index (κ1) is 25.3. The average molecular weight is 468 g/mol. The number of hydrogen-bond donors (Lipinski definition) is 3. The average Bonchev–Trinajstić information content (AvgIpc) is 3.06. The van der Waals surface area contributed by atoms with E-state index in [9.17, 15) is 28.5 Å². The Balaban J connectivity index is 1.69. The van der Waals surface area contributed by atoms with Gasteiger partial charge in [0.25, 0.3) is 0 Å². The zero-order valence-electron chi connectivity index (χ0n) is 16.8. The second kappa shape index (κ2) is 12.2. The Hall–Kier alpha value is -0.990. The summed E-state index contributed by atoms with van der Waals surface area (Å²) >= 11 is 1.47. The lowest BCUT2D eigenvalue weighted by Gasteiger charge is -2.26. The third-order valence-electron chi connectivity index (χ3n) is 4.51. The zero-order chi connectivity index (χ0) is 22.1. The van der Waals surface area contributed by atoms with Crippen LogP contribution in [0.25, 0.3) is 0 Å². The van der Waals surface area contributed by atoms with E-state index in [0.717, 1.165) is 0 Å². The van der Waals surface area contributed by atoms with Gasteiger partial charge in [0.15, 0.2) is 12.6 Å². The molecule has 4 unspecified atom stereocenters. The van der Waals surface area contributed by atoms with Crippen molar-refractivity contribution in [3.05, 3.63) is 23.8 Å². The van der Waals surface area contributed by atoms with Crippen LogP contribution < -0.4 is 0 Å². The number of hydrogen-bond acceptors (Lipinski definition) is 10. The molecule has 1 aliphatic carbocycles. The number of amides is 1. The smallest absolute Gasteiger partial charge is 0.246 e. The molecule has 0 aromatic rings. The highest BCUT2D eigenvalue weighted by Crippen LogP contribution is 2.28. The first-order valence-corrected chi connectivity index (χ1v) is 12.5. The molecule has 1 saturated heterocycles. The molecule has 1 fully saturated rings. The van der Waals surface area contributed by atoms with Crippen LogP contribution in [-0.4, -0.2) is 96.4 Å². The Morgan fingerprint density at radius 3 is 2.50 bits per heavy atom. The summed E-state index contributed by atoms with van der Waals surface area (Å²) in [6, 6.07) is 0. The van der Waals surface area contributed by atoms with E-state index in [1.807, 2.05) is 6.26 Å². The highest BCUT2D eigenvalue weighted by Gasteiger charge is 2.42. The fourth-order valence-corrected chi connectivity index (χ4v) is 5.09. The van der Waals surface area contributed by atoms with Crippen molar-refractivity contribution in [3.8, 4) is 0 Å². The van der Waals surface area contributed by atoms with Gasteiger partial charge in [0.1, 0.15) is 11.5 Å². The Bertz CT molecular complexity index is 725. The van der Waals surface area contributed by atoms with Gasteiger partial charge in [-0.1, -0.05) is 18.2 Å². The van der Waals surface area contributed by atoms with Crippen LogP contribution in [0.2, 0.25) is 0 Å². The van der Waals surface area contributed by atoms with Crippen molar-refractivity contribution in [2.75, 3.05) is 38.4 Å². The lowest BCUT2D eigenvalue weighted by atomic mass is 10.1. The highest BCUT2D eigenvalue weighted by molar-refractivity contribution is 7.98. The van der Waals surface area contributed by atoms with Crippen LogP contribution in [0, 0.1) is 0 Å². The molecule has 3 N–H and O–H groups in total. The van der Waals surface area contributed by atoms with Crippen LogP contribution in [0.15, 0.2) is 23.8 Å². The molecule has 0 aromatic heterocycles. The molecule has 2 rings (SSSR count). The maximum absolute atomic E-state index is 12.6. The third-order valence-corrected chi connectivity index (χ3v) is 7.24. The predicted molar refractivity (Wildman–Crippen MR) is 110 cm³/mol. The minimum Gasteiger partial charge on any atom is -0.377 e. The van der Waals surface area contributed by atoms with Crippen LogP contribution in [0.4, 0.5) is 0 Å². The number of rotatable bonds is 13. The highest BCUT2D eigenvalue weighted by atomic mass is 32.2. The predicted octanol–water partition coefficient (Wildman–Crippen LogP) is -0.438. The molecule has 12 heteroatoms. The Kier molecular flexibility index (Phi) is 10.2. The minimum absolute atomic E-state index is 0.00292. The number of nitrogens with zero attached hydrogens (tertiary/aromatic N) is 1. The van der Waals surface area contributed by atoms with Crippen molar-refractivity contribution in [1.29, 1.82) is 0 Å². The number of aliphatic hydroxyl groups is 3. The molecule has 0 aromatic carbocycles. The van der Waals surface area contributed by atoms with Crippen LogP contribution in [0.1, 0.15) is 19.3 Å². The van der Waals surface area contributed by atoms with E-state index in [1.54, 1.807) is 0 Å². The topological polar surface area (TPSA) is 143 Å². The van der Waals surface area contributed by atoms with Crippen molar-refractivity contribution >= 4 is 27.7 Å². The Morgan fingerprint density at radius 2 is 1.93 bits per heavy atom. The van der Waals surface area contributed by atoms with Gasteiger partial charge in [-0.05, 0) is 12.7 Å². The number of carbonyl (C=O) groups is 1. The maximum atomic E-state index is 12.6. The van der Waals surface area contributed by atoms with Crippen molar-refractivity contribution in [3.63, 3.8) is 0 Å². The molecule has 4 atom stereocenters. The number of ether oxygens (including phenoxy) is 3. The maximum Gasteiger partial charge on any atom is 0.246 e. The van der Waals surface area contributed by atoms with E-state index in [2.05, 4.69) is 0 Å². The molecule has 2 aliphatic rings. The van der Waals surface area contributed by atoms with Crippen LogP contribution in [-0.2, 0) is 29.0 Å². The summed E-state index contributed by atoms with van der Waals surface area (Å²) in [6.45, 7) is 0.828. The molecule has 0 spiro atoms. The summed E-state index contributed by atoms with van der Waals surface area (Å²) in [7, 11) is -4.02. The second-order valence-electron chi connectivity index (χ2n) is 6.71. The molecule has 0 radical (unpaired) electrons. The van der Waals surface area contributed by atoms with Crippen molar-refractivity contribution in [2.24, 2.45) is 0 Å². The van der Waals surface area contributed by atoms with E-state index < -0.39 is 40.0 Å². The van der Waals surface area contributed by atoms with Gasteiger partial charge < -0.3 is 29.5 Å². The first-order valence-electron chi connectivity index (χ1n) is 9.55. The monoisotopic (exact) mass is 467 g/mol. The molecule has 172 valence electrons. The van der Waals surface area contributed by atoms with E-state index in [0.29, 0.717) is 15.6 Å². The van der Waals surface area contributed by atoms with Gasteiger partial charge in [-0.25, -0.2) is 12.7 Å². The first-order chi connectivity index (χ1) is 14.3. The van der Waals surface area contributed by atoms with Crippen molar-refractivity contribution in [2.45, 2.75) is 43.3 Å². The van der Waals surface area contributed by atoms with Gasteiger partial charge in [-0.2, -0.15) is 11.8 Å². The number of sulfonamides is 1. The molecule has 30 heavy (non-hydrogen) atoms. The molecule has 1 heterocycles. The molecule has 0 bridgehead atoms. The fourth-order valence-electron chi connectivity index (χ4n) is 2.98. The third kappa shape index (κ3) is 7.02.